The molecule has 0 aromatic rings. The number of halogens is 3. The maximum absolute atomic E-state index is 11.9. The van der Waals surface area contributed by atoms with Crippen LogP contribution < -0.4 is 51.4 Å². The SMILES string of the molecule is CC(Br)C(=O)Br.CCCC[Si](C)(C)O[Si](C)(C)CCCOCCO.CCCC[Si](C)(C)O[Si](C)(C)CCCOCCOC(=O)C(C)Br.CCCC[Si](C)(C)O[Si](C)(C)CCCOCCOC(=O)C(C)SC(=S)OCC.CCOC(=S)[S-].[K+]. The largest absolute Gasteiger partial charge is 1.00 e. The fraction of sp³-hybridized carbons (Fsp3) is 0.907. The van der Waals surface area contributed by atoms with Gasteiger partial charge in [0.25, 0.3) is 0 Å². The summed E-state index contributed by atoms with van der Waals surface area (Å²) in [6.45, 7) is 48.9. The van der Waals surface area contributed by atoms with Crippen LogP contribution in [0.1, 0.15) is 113 Å². The van der Waals surface area contributed by atoms with Gasteiger partial charge in [0.2, 0.25) is 9.08 Å². The summed E-state index contributed by atoms with van der Waals surface area (Å²) in [5, 5.41) is 8.25. The molecule has 0 rings (SSSR count). The molecule has 28 heteroatoms. The molecule has 14 nitrogen and oxygen atoms in total. The number of carbonyl (C=O) groups is 3. The molecule has 0 aromatic carbocycles. The molecule has 0 amide bonds. The Hall–Kier alpha value is 3.06. The quantitative estimate of drug-likeness (QED) is 0.0117. The standard InChI is InChI=1S/C19H40O5S2Si2.C16H35BrO4Si2.C13H32O3Si2.C3H4Br2O.C3H6OS2.K/c1-8-10-15-27(4,5)24-28(6,7)16-11-12-21-13-14-23-18(20)17(3)26-19(25)22-9-2;1-7-8-13-22(3,4)21-23(5,6)14-9-10-19-11-12-20-16(18)15(2)17;1-6-7-12-17(2,3)16-18(4,5)13-8-10-15-11-9-14;1-2(4)3(5)6;1-2-4-3(5)6;/h17H,8-16H2,1-7H3;15H,7-14H2,1-6H3;14H,6-13H2,1-5H3;2H,1H3;2H2,1H3,(H,5,6);/q;;;;;+1/p-1. The van der Waals surface area contributed by atoms with E-state index in [0.717, 1.165) is 44.0 Å². The van der Waals surface area contributed by atoms with Crippen molar-refractivity contribution in [3.8, 4) is 0 Å². The van der Waals surface area contributed by atoms with E-state index in [4.69, 9.17) is 58.1 Å². The number of aliphatic hydroxyl groups is 1. The predicted octanol–water partition coefficient (Wildman–Crippen LogP) is 13.7. The monoisotopic (exact) mass is 1560 g/mol. The molecule has 3 unspecified atom stereocenters. The summed E-state index contributed by atoms with van der Waals surface area (Å²) in [5.41, 5.74) is 0. The minimum atomic E-state index is -1.64. The first kappa shape index (κ1) is 96.2. The molecule has 486 valence electrons. The molecule has 0 aliphatic carbocycles. The van der Waals surface area contributed by atoms with E-state index >= 15 is 0 Å². The van der Waals surface area contributed by atoms with E-state index in [0.29, 0.717) is 57.2 Å². The number of aliphatic hydroxyl groups excluding tert-OH is 1. The molecule has 0 spiro atoms. The van der Waals surface area contributed by atoms with E-state index in [2.05, 4.69) is 177 Å². The van der Waals surface area contributed by atoms with Crippen LogP contribution in [0.2, 0.25) is 115 Å². The number of hydrogen-bond acceptors (Lipinski definition) is 18. The summed E-state index contributed by atoms with van der Waals surface area (Å²) in [4.78, 5) is 32.8. The fourth-order valence-electron chi connectivity index (χ4n) is 7.62. The van der Waals surface area contributed by atoms with Crippen molar-refractivity contribution in [3.05, 3.63) is 0 Å². The van der Waals surface area contributed by atoms with Crippen molar-refractivity contribution in [2.75, 3.05) is 72.7 Å². The summed E-state index contributed by atoms with van der Waals surface area (Å²) in [5.74, 6) is -0.535. The number of carbonyl (C=O) groups excluding carboxylic acids is 3. The van der Waals surface area contributed by atoms with Crippen molar-refractivity contribution >= 4 is 172 Å². The van der Waals surface area contributed by atoms with Gasteiger partial charge in [-0.05, 0) is 197 Å². The molecule has 0 aromatic heterocycles. The third-order valence-electron chi connectivity index (χ3n) is 11.2. The first-order valence-electron chi connectivity index (χ1n) is 29.3. The first-order chi connectivity index (χ1) is 37.4. The molecule has 0 saturated heterocycles. The van der Waals surface area contributed by atoms with E-state index in [1.807, 2.05) is 13.8 Å². The molecule has 1 N–H and O–H groups in total. The van der Waals surface area contributed by atoms with Gasteiger partial charge >= 0.3 is 63.3 Å². The van der Waals surface area contributed by atoms with Gasteiger partial charge in [0.15, 0.2) is 49.9 Å². The Bertz CT molecular complexity index is 1610. The van der Waals surface area contributed by atoms with Gasteiger partial charge in [-0.3, -0.25) is 14.4 Å². The minimum Gasteiger partial charge on any atom is -0.514 e. The molecule has 0 saturated carbocycles. The van der Waals surface area contributed by atoms with Crippen LogP contribution in [-0.2, 0) is 72.5 Å². The Morgan fingerprint density at radius 2 is 0.768 bits per heavy atom. The second kappa shape index (κ2) is 57.9. The Labute approximate surface area is 596 Å². The first-order valence-corrected chi connectivity index (χ1v) is 52.7. The van der Waals surface area contributed by atoms with Gasteiger partial charge in [0.05, 0.1) is 44.5 Å². The zero-order valence-electron chi connectivity index (χ0n) is 55.1. The van der Waals surface area contributed by atoms with Gasteiger partial charge in [0.1, 0.15) is 23.3 Å². The summed E-state index contributed by atoms with van der Waals surface area (Å²) in [7, 11) is -9.27. The van der Waals surface area contributed by atoms with Crippen molar-refractivity contribution in [2.24, 2.45) is 0 Å². The summed E-state index contributed by atoms with van der Waals surface area (Å²) >= 11 is 24.0. The van der Waals surface area contributed by atoms with E-state index < -0.39 is 49.9 Å². The molecular formula is C54H116Br3KO14S4Si6. The average molecular weight is 1570 g/mol. The predicted molar refractivity (Wildman–Crippen MR) is 381 cm³/mol. The van der Waals surface area contributed by atoms with E-state index in [-0.39, 0.29) is 101 Å². The van der Waals surface area contributed by atoms with Crippen LogP contribution in [0.15, 0.2) is 0 Å². The maximum atomic E-state index is 11.9. The minimum absolute atomic E-state index is 0. The third-order valence-corrected chi connectivity index (χ3v) is 37.4. The third kappa shape index (κ3) is 72.1. The van der Waals surface area contributed by atoms with Gasteiger partial charge in [-0.2, -0.15) is 0 Å². The van der Waals surface area contributed by atoms with Crippen LogP contribution in [0.4, 0.5) is 0 Å². The molecule has 0 heterocycles. The van der Waals surface area contributed by atoms with E-state index in [1.54, 1.807) is 20.8 Å². The van der Waals surface area contributed by atoms with Gasteiger partial charge in [-0.15, -0.1) is 0 Å². The Morgan fingerprint density at radius 3 is 1.01 bits per heavy atom. The van der Waals surface area contributed by atoms with Crippen molar-refractivity contribution < 1.29 is 116 Å². The van der Waals surface area contributed by atoms with Crippen molar-refractivity contribution in [1.82, 2.24) is 0 Å². The van der Waals surface area contributed by atoms with Gasteiger partial charge in [-0.1, -0.05) is 103 Å². The number of alkyl halides is 2. The fourth-order valence-corrected chi connectivity index (χ4v) is 36.2. The normalized spacial score (nSPS) is 12.8. The average Bonchev–Trinajstić information content (AvgIpc) is 3.33. The molecule has 0 aliphatic heterocycles. The molecule has 0 fully saturated rings. The number of hydrogen-bond donors (Lipinski definition) is 1. The van der Waals surface area contributed by atoms with Gasteiger partial charge in [0, 0.05) is 24.2 Å². The summed E-state index contributed by atoms with van der Waals surface area (Å²) < 4.78 is 56.7. The molecule has 0 aliphatic rings. The van der Waals surface area contributed by atoms with E-state index in [1.165, 1.54) is 68.4 Å². The molecular weight excluding hydrogens is 1450 g/mol. The zero-order chi connectivity index (χ0) is 63.8. The molecule has 0 radical (unpaired) electrons. The number of thiocarbonyl (C=S) groups is 2. The van der Waals surface area contributed by atoms with Crippen LogP contribution in [-0.4, -0.2) is 168 Å². The second-order valence-corrected chi connectivity index (χ2v) is 56.1. The van der Waals surface area contributed by atoms with Gasteiger partial charge < -0.3 is 75.5 Å². The van der Waals surface area contributed by atoms with Crippen LogP contribution >= 0.6 is 84.0 Å². The maximum Gasteiger partial charge on any atom is 1.00 e. The zero-order valence-corrected chi connectivity index (χ0v) is 72.3. The smallest absolute Gasteiger partial charge is 0.514 e. The number of thioether (sulfide) groups is 1. The van der Waals surface area contributed by atoms with Gasteiger partial charge in [-0.25, -0.2) is 0 Å². The van der Waals surface area contributed by atoms with Crippen LogP contribution in [0.5, 0.6) is 0 Å². The van der Waals surface area contributed by atoms with Crippen LogP contribution in [0, 0.1) is 0 Å². The second-order valence-electron chi connectivity index (χ2n) is 23.0. The number of ether oxygens (including phenoxy) is 7. The number of rotatable bonds is 41. The van der Waals surface area contributed by atoms with Crippen molar-refractivity contribution in [1.29, 1.82) is 0 Å². The Kier molecular flexibility index (Phi) is 67.9. The molecule has 3 atom stereocenters. The summed E-state index contributed by atoms with van der Waals surface area (Å²) in [6, 6.07) is 7.15. The van der Waals surface area contributed by atoms with Crippen LogP contribution in [0.3, 0.4) is 0 Å². The number of esters is 2. The van der Waals surface area contributed by atoms with Crippen LogP contribution in [0.25, 0.3) is 0 Å². The summed E-state index contributed by atoms with van der Waals surface area (Å²) in [6.07, 6.45) is 10.6. The molecule has 82 heavy (non-hydrogen) atoms. The van der Waals surface area contributed by atoms with Crippen molar-refractivity contribution in [2.45, 2.75) is 243 Å². The topological polar surface area (TPSA) is 164 Å². The Balaban J connectivity index is -0.000000241. The number of unbranched alkanes of at least 4 members (excludes halogenated alkanes) is 3. The Morgan fingerprint density at radius 1 is 0.476 bits per heavy atom. The molecule has 0 bridgehead atoms. The van der Waals surface area contributed by atoms with Crippen molar-refractivity contribution in [3.63, 3.8) is 0 Å². The van der Waals surface area contributed by atoms with E-state index in [9.17, 15) is 14.4 Å².